The minimum Gasteiger partial charge on any atom is -0.355 e. The molecule has 3 N–H and O–H groups in total. The molecule has 1 amide bonds. The summed E-state index contributed by atoms with van der Waals surface area (Å²) < 4.78 is 0. The lowest BCUT2D eigenvalue weighted by Gasteiger charge is -2.09. The summed E-state index contributed by atoms with van der Waals surface area (Å²) in [6, 6.07) is -0.330. The molecule has 0 saturated carbocycles. The number of carbonyl (C=O) groups is 1. The summed E-state index contributed by atoms with van der Waals surface area (Å²) in [6.45, 7) is 4.95. The van der Waals surface area contributed by atoms with Crippen LogP contribution in [0.2, 0.25) is 0 Å². The number of rotatable bonds is 11. The number of unbranched alkanes of at least 4 members (excludes halogenated alkanes) is 7. The van der Waals surface area contributed by atoms with Crippen LogP contribution in [-0.2, 0) is 4.79 Å². The summed E-state index contributed by atoms with van der Waals surface area (Å²) in [5.74, 6) is -0.00422. The van der Waals surface area contributed by atoms with E-state index >= 15 is 0 Å². The third-order valence-electron chi connectivity index (χ3n) is 3.11. The molecular formula is C14H30N2O. The van der Waals surface area contributed by atoms with E-state index in [4.69, 9.17) is 5.73 Å². The van der Waals surface area contributed by atoms with Crippen molar-refractivity contribution in [2.45, 2.75) is 77.7 Å². The molecule has 0 rings (SSSR count). The summed E-state index contributed by atoms with van der Waals surface area (Å²) in [5, 5.41) is 2.88. The van der Waals surface area contributed by atoms with Crippen LogP contribution in [-0.4, -0.2) is 18.5 Å². The predicted octanol–water partition coefficient (Wildman–Crippen LogP) is 2.98. The van der Waals surface area contributed by atoms with E-state index in [2.05, 4.69) is 12.2 Å². The highest BCUT2D eigenvalue weighted by Gasteiger charge is 2.08. The van der Waals surface area contributed by atoms with Crippen LogP contribution in [0.25, 0.3) is 0 Å². The van der Waals surface area contributed by atoms with Gasteiger partial charge in [0.1, 0.15) is 0 Å². The molecule has 3 nitrogen and oxygen atoms in total. The molecule has 0 radical (unpaired) electrons. The van der Waals surface area contributed by atoms with Gasteiger partial charge in [-0.25, -0.2) is 0 Å². The van der Waals surface area contributed by atoms with Gasteiger partial charge in [0.05, 0.1) is 6.04 Å². The van der Waals surface area contributed by atoms with Gasteiger partial charge >= 0.3 is 0 Å². The van der Waals surface area contributed by atoms with Crippen LogP contribution in [0.3, 0.4) is 0 Å². The molecule has 0 aromatic heterocycles. The monoisotopic (exact) mass is 242 g/mol. The molecule has 0 bridgehead atoms. The van der Waals surface area contributed by atoms with Gasteiger partial charge in [-0.15, -0.1) is 0 Å². The van der Waals surface area contributed by atoms with Gasteiger partial charge in [0.15, 0.2) is 0 Å². The Morgan fingerprint density at radius 2 is 1.53 bits per heavy atom. The normalized spacial score (nSPS) is 12.4. The van der Waals surface area contributed by atoms with Crippen LogP contribution in [0.4, 0.5) is 0 Å². The molecule has 0 aliphatic rings. The van der Waals surface area contributed by atoms with Crippen LogP contribution in [0, 0.1) is 0 Å². The molecule has 1 atom stereocenters. The van der Waals surface area contributed by atoms with Gasteiger partial charge in [-0.3, -0.25) is 4.79 Å². The Balaban J connectivity index is 3.16. The molecule has 0 unspecified atom stereocenters. The second-order valence-electron chi connectivity index (χ2n) is 4.78. The molecule has 0 fully saturated rings. The first kappa shape index (κ1) is 16.4. The molecule has 0 aromatic rings. The Bertz CT molecular complexity index is 183. The van der Waals surface area contributed by atoms with Gasteiger partial charge in [0.2, 0.25) is 5.91 Å². The molecule has 0 spiro atoms. The van der Waals surface area contributed by atoms with E-state index in [0.717, 1.165) is 13.0 Å². The summed E-state index contributed by atoms with van der Waals surface area (Å²) in [5.41, 5.74) is 5.61. The van der Waals surface area contributed by atoms with Crippen LogP contribution >= 0.6 is 0 Å². The minimum atomic E-state index is -0.330. The molecule has 0 aromatic carbocycles. The van der Waals surface area contributed by atoms with E-state index < -0.39 is 0 Å². The van der Waals surface area contributed by atoms with Gasteiger partial charge in [-0.1, -0.05) is 58.8 Å². The van der Waals surface area contributed by atoms with Crippen LogP contribution in [0.15, 0.2) is 0 Å². The largest absolute Gasteiger partial charge is 0.355 e. The first-order valence-corrected chi connectivity index (χ1v) is 7.25. The fourth-order valence-corrected chi connectivity index (χ4v) is 1.79. The molecule has 102 valence electrons. The summed E-state index contributed by atoms with van der Waals surface area (Å²) in [6.07, 6.45) is 11.0. The van der Waals surface area contributed by atoms with Crippen LogP contribution in [0.5, 0.6) is 0 Å². The highest BCUT2D eigenvalue weighted by molar-refractivity contribution is 5.81. The van der Waals surface area contributed by atoms with Gasteiger partial charge in [0.25, 0.3) is 0 Å². The molecule has 0 aliphatic heterocycles. The first-order chi connectivity index (χ1) is 8.22. The Labute approximate surface area is 107 Å². The van der Waals surface area contributed by atoms with Crippen LogP contribution < -0.4 is 11.1 Å². The average molecular weight is 242 g/mol. The van der Waals surface area contributed by atoms with Crippen molar-refractivity contribution in [2.24, 2.45) is 5.73 Å². The van der Waals surface area contributed by atoms with Crippen molar-refractivity contribution in [1.29, 1.82) is 0 Å². The molecule has 17 heavy (non-hydrogen) atoms. The second-order valence-corrected chi connectivity index (χ2v) is 4.78. The van der Waals surface area contributed by atoms with E-state index in [1.54, 1.807) is 0 Å². The third kappa shape index (κ3) is 10.3. The standard InChI is InChI=1S/C14H30N2O/c1-3-5-6-7-8-9-10-11-12-16-14(17)13(15)4-2/h13H,3-12,15H2,1-2H3,(H,16,17)/t13-/m0/s1. The van der Waals surface area contributed by atoms with Gasteiger partial charge < -0.3 is 11.1 Å². The quantitative estimate of drug-likeness (QED) is 0.547. The van der Waals surface area contributed by atoms with Gasteiger partial charge in [-0.2, -0.15) is 0 Å². The Kier molecular flexibility index (Phi) is 11.5. The Hall–Kier alpha value is -0.570. The molecule has 0 heterocycles. The van der Waals surface area contributed by atoms with E-state index in [-0.39, 0.29) is 11.9 Å². The molecule has 3 heteroatoms. The lowest BCUT2D eigenvalue weighted by atomic mass is 10.1. The summed E-state index contributed by atoms with van der Waals surface area (Å²) in [4.78, 5) is 11.3. The van der Waals surface area contributed by atoms with Crippen molar-refractivity contribution in [1.82, 2.24) is 5.32 Å². The number of hydrogen-bond donors (Lipinski definition) is 2. The van der Waals surface area contributed by atoms with Gasteiger partial charge in [0, 0.05) is 6.54 Å². The lowest BCUT2D eigenvalue weighted by Crippen LogP contribution is -2.40. The van der Waals surface area contributed by atoms with Crippen molar-refractivity contribution in [2.75, 3.05) is 6.54 Å². The van der Waals surface area contributed by atoms with Crippen molar-refractivity contribution in [3.8, 4) is 0 Å². The highest BCUT2D eigenvalue weighted by Crippen LogP contribution is 2.07. The summed E-state index contributed by atoms with van der Waals surface area (Å²) in [7, 11) is 0. The zero-order valence-electron chi connectivity index (χ0n) is 11.6. The fourth-order valence-electron chi connectivity index (χ4n) is 1.79. The highest BCUT2D eigenvalue weighted by atomic mass is 16.2. The zero-order valence-corrected chi connectivity index (χ0v) is 11.6. The Morgan fingerprint density at radius 1 is 1.00 bits per heavy atom. The number of carbonyl (C=O) groups excluding carboxylic acids is 1. The van der Waals surface area contributed by atoms with E-state index in [1.165, 1.54) is 44.9 Å². The molecule has 0 aliphatic carbocycles. The molecular weight excluding hydrogens is 212 g/mol. The number of nitrogens with one attached hydrogen (secondary N) is 1. The number of amides is 1. The van der Waals surface area contributed by atoms with Crippen molar-refractivity contribution < 1.29 is 4.79 Å². The molecule has 0 saturated heterocycles. The summed E-state index contributed by atoms with van der Waals surface area (Å²) >= 11 is 0. The van der Waals surface area contributed by atoms with E-state index in [1.807, 2.05) is 6.92 Å². The van der Waals surface area contributed by atoms with E-state index in [0.29, 0.717) is 6.42 Å². The van der Waals surface area contributed by atoms with Crippen molar-refractivity contribution in [3.05, 3.63) is 0 Å². The van der Waals surface area contributed by atoms with Gasteiger partial charge in [-0.05, 0) is 12.8 Å². The maximum absolute atomic E-state index is 11.3. The number of hydrogen-bond acceptors (Lipinski definition) is 2. The predicted molar refractivity (Wildman–Crippen MR) is 73.9 cm³/mol. The third-order valence-corrected chi connectivity index (χ3v) is 3.11. The fraction of sp³-hybridized carbons (Fsp3) is 0.929. The van der Waals surface area contributed by atoms with E-state index in [9.17, 15) is 4.79 Å². The number of nitrogens with two attached hydrogens (primary N) is 1. The van der Waals surface area contributed by atoms with Crippen LogP contribution in [0.1, 0.15) is 71.6 Å². The topological polar surface area (TPSA) is 55.1 Å². The maximum atomic E-state index is 11.3. The zero-order chi connectivity index (χ0) is 12.9. The van der Waals surface area contributed by atoms with Crippen molar-refractivity contribution >= 4 is 5.91 Å². The first-order valence-electron chi connectivity index (χ1n) is 7.25. The lowest BCUT2D eigenvalue weighted by molar-refractivity contribution is -0.122. The Morgan fingerprint density at radius 3 is 2.06 bits per heavy atom. The smallest absolute Gasteiger partial charge is 0.236 e. The second kappa shape index (κ2) is 11.9. The van der Waals surface area contributed by atoms with Crippen molar-refractivity contribution in [3.63, 3.8) is 0 Å². The minimum absolute atomic E-state index is 0.00422. The SMILES string of the molecule is CCCCCCCCCCNC(=O)[C@@H](N)CC. The maximum Gasteiger partial charge on any atom is 0.236 e. The average Bonchev–Trinajstić information content (AvgIpc) is 2.35.